The van der Waals surface area contributed by atoms with Gasteiger partial charge in [0.05, 0.1) is 4.88 Å². The number of para-hydroxylation sites is 1. The number of carbonyl (C=O) groups excluding carboxylic acids is 1. The lowest BCUT2D eigenvalue weighted by Crippen LogP contribution is -1.94. The lowest BCUT2D eigenvalue weighted by Gasteiger charge is -2.06. The number of rotatable bonds is 4. The summed E-state index contributed by atoms with van der Waals surface area (Å²) in [4.78, 5) is 12.3. The molecule has 0 aliphatic heterocycles. The lowest BCUT2D eigenvalue weighted by atomic mass is 10.2. The van der Waals surface area contributed by atoms with E-state index in [1.165, 1.54) is 11.3 Å². The van der Waals surface area contributed by atoms with Crippen molar-refractivity contribution >= 4 is 17.6 Å². The van der Waals surface area contributed by atoms with E-state index in [2.05, 4.69) is 0 Å². The van der Waals surface area contributed by atoms with Gasteiger partial charge in [0.25, 0.3) is 0 Å². The molecule has 0 saturated heterocycles. The zero-order valence-corrected chi connectivity index (χ0v) is 9.79. The van der Waals surface area contributed by atoms with Crippen LogP contribution in [0.15, 0.2) is 36.4 Å². The molecule has 0 bridgehead atoms. The fourth-order valence-corrected chi connectivity index (χ4v) is 2.14. The number of hydrogen-bond donors (Lipinski definition) is 0. The minimum absolute atomic E-state index is 0.517. The summed E-state index contributed by atoms with van der Waals surface area (Å²) in [6, 6.07) is 11.6. The van der Waals surface area contributed by atoms with Crippen LogP contribution in [0, 0.1) is 6.92 Å². The van der Waals surface area contributed by atoms with Crippen LogP contribution in [-0.4, -0.2) is 6.29 Å². The van der Waals surface area contributed by atoms with Crippen LogP contribution in [0.1, 0.15) is 20.1 Å². The van der Waals surface area contributed by atoms with Crippen molar-refractivity contribution in [1.82, 2.24) is 0 Å². The summed E-state index contributed by atoms with van der Waals surface area (Å²) in [7, 11) is 0. The molecule has 2 aromatic rings. The zero-order valence-electron chi connectivity index (χ0n) is 8.97. The van der Waals surface area contributed by atoms with E-state index in [1.54, 1.807) is 0 Å². The lowest BCUT2D eigenvalue weighted by molar-refractivity contribution is 0.112. The van der Waals surface area contributed by atoms with Gasteiger partial charge in [-0.15, -0.1) is 11.3 Å². The summed E-state index contributed by atoms with van der Waals surface area (Å²) in [6.07, 6.45) is 0.863. The molecular formula is C13H12O2S. The average molecular weight is 232 g/mol. The molecule has 0 spiro atoms. The van der Waals surface area contributed by atoms with Crippen molar-refractivity contribution in [2.24, 2.45) is 0 Å². The molecule has 82 valence electrons. The Kier molecular flexibility index (Phi) is 3.37. The number of thiophene rings is 1. The van der Waals surface area contributed by atoms with Crippen LogP contribution in [-0.2, 0) is 6.61 Å². The van der Waals surface area contributed by atoms with E-state index in [-0.39, 0.29) is 0 Å². The second-order valence-corrected chi connectivity index (χ2v) is 4.68. The molecular weight excluding hydrogens is 220 g/mol. The SMILES string of the molecule is Cc1ccccc1OCc1ccc(C=O)s1. The van der Waals surface area contributed by atoms with Crippen LogP contribution in [0.4, 0.5) is 0 Å². The molecule has 2 rings (SSSR count). The summed E-state index contributed by atoms with van der Waals surface area (Å²) >= 11 is 1.46. The molecule has 0 fully saturated rings. The van der Waals surface area contributed by atoms with Crippen LogP contribution in [0.5, 0.6) is 5.75 Å². The van der Waals surface area contributed by atoms with Crippen molar-refractivity contribution in [3.63, 3.8) is 0 Å². The van der Waals surface area contributed by atoms with Gasteiger partial charge in [-0.1, -0.05) is 18.2 Å². The van der Waals surface area contributed by atoms with E-state index in [0.29, 0.717) is 6.61 Å². The Labute approximate surface area is 98.5 Å². The van der Waals surface area contributed by atoms with Gasteiger partial charge in [0, 0.05) is 4.88 Å². The first-order valence-corrected chi connectivity index (χ1v) is 5.83. The highest BCUT2D eigenvalue weighted by molar-refractivity contribution is 7.13. The van der Waals surface area contributed by atoms with Gasteiger partial charge in [-0.2, -0.15) is 0 Å². The second kappa shape index (κ2) is 4.94. The number of ether oxygens (including phenoxy) is 1. The van der Waals surface area contributed by atoms with Gasteiger partial charge >= 0.3 is 0 Å². The third-order valence-corrected chi connectivity index (χ3v) is 3.25. The van der Waals surface area contributed by atoms with E-state index in [0.717, 1.165) is 27.4 Å². The van der Waals surface area contributed by atoms with Gasteiger partial charge in [-0.3, -0.25) is 4.79 Å². The molecule has 1 aromatic heterocycles. The van der Waals surface area contributed by atoms with Crippen molar-refractivity contribution in [3.05, 3.63) is 51.7 Å². The van der Waals surface area contributed by atoms with E-state index < -0.39 is 0 Å². The summed E-state index contributed by atoms with van der Waals surface area (Å²) < 4.78 is 5.68. The fourth-order valence-electron chi connectivity index (χ4n) is 1.40. The first kappa shape index (κ1) is 10.9. The average Bonchev–Trinajstić information content (AvgIpc) is 2.76. The number of benzene rings is 1. The van der Waals surface area contributed by atoms with Crippen molar-refractivity contribution in [3.8, 4) is 5.75 Å². The molecule has 0 radical (unpaired) electrons. The largest absolute Gasteiger partial charge is 0.488 e. The number of aldehydes is 1. The Morgan fingerprint density at radius 1 is 1.25 bits per heavy atom. The van der Waals surface area contributed by atoms with E-state index in [4.69, 9.17) is 4.74 Å². The minimum Gasteiger partial charge on any atom is -0.488 e. The highest BCUT2D eigenvalue weighted by Gasteiger charge is 2.01. The summed E-state index contributed by atoms with van der Waals surface area (Å²) in [6.45, 7) is 2.53. The predicted molar refractivity (Wildman–Crippen MR) is 65.2 cm³/mol. The molecule has 16 heavy (non-hydrogen) atoms. The van der Waals surface area contributed by atoms with E-state index in [9.17, 15) is 4.79 Å². The molecule has 0 saturated carbocycles. The van der Waals surface area contributed by atoms with Gasteiger partial charge in [0.2, 0.25) is 0 Å². The molecule has 1 aromatic carbocycles. The van der Waals surface area contributed by atoms with Crippen LogP contribution in [0.25, 0.3) is 0 Å². The standard InChI is InChI=1S/C13H12O2S/c1-10-4-2-3-5-13(10)15-9-12-7-6-11(8-14)16-12/h2-8H,9H2,1H3. The van der Waals surface area contributed by atoms with Crippen molar-refractivity contribution in [2.45, 2.75) is 13.5 Å². The number of carbonyl (C=O) groups is 1. The molecule has 0 atom stereocenters. The summed E-state index contributed by atoms with van der Waals surface area (Å²) in [5.74, 6) is 0.892. The molecule has 0 amide bonds. The van der Waals surface area contributed by atoms with Crippen LogP contribution in [0.3, 0.4) is 0 Å². The van der Waals surface area contributed by atoms with Gasteiger partial charge in [-0.05, 0) is 30.7 Å². The minimum atomic E-state index is 0.517. The predicted octanol–water partition coefficient (Wildman–Crippen LogP) is 3.45. The third kappa shape index (κ3) is 2.49. The van der Waals surface area contributed by atoms with Crippen molar-refractivity contribution in [1.29, 1.82) is 0 Å². The third-order valence-electron chi connectivity index (χ3n) is 2.26. The molecule has 3 heteroatoms. The van der Waals surface area contributed by atoms with Crippen LogP contribution < -0.4 is 4.74 Å². The van der Waals surface area contributed by atoms with Crippen molar-refractivity contribution < 1.29 is 9.53 Å². The van der Waals surface area contributed by atoms with Gasteiger partial charge in [0.1, 0.15) is 12.4 Å². The normalized spacial score (nSPS) is 10.1. The molecule has 0 aliphatic carbocycles. The quantitative estimate of drug-likeness (QED) is 0.755. The molecule has 1 heterocycles. The second-order valence-electron chi connectivity index (χ2n) is 3.48. The molecule has 0 unspecified atom stereocenters. The molecule has 2 nitrogen and oxygen atoms in total. The van der Waals surface area contributed by atoms with Crippen molar-refractivity contribution in [2.75, 3.05) is 0 Å². The Morgan fingerprint density at radius 2 is 2.06 bits per heavy atom. The zero-order chi connectivity index (χ0) is 11.4. The van der Waals surface area contributed by atoms with E-state index >= 15 is 0 Å². The van der Waals surface area contributed by atoms with E-state index in [1.807, 2.05) is 43.3 Å². The molecule has 0 N–H and O–H groups in total. The highest BCUT2D eigenvalue weighted by atomic mass is 32.1. The molecule has 0 aliphatic rings. The Bertz CT molecular complexity index is 488. The first-order chi connectivity index (χ1) is 7.79. The van der Waals surface area contributed by atoms with Gasteiger partial charge in [0.15, 0.2) is 6.29 Å². The number of hydrogen-bond acceptors (Lipinski definition) is 3. The Morgan fingerprint density at radius 3 is 2.75 bits per heavy atom. The first-order valence-electron chi connectivity index (χ1n) is 5.02. The maximum absolute atomic E-state index is 10.5. The van der Waals surface area contributed by atoms with Gasteiger partial charge in [-0.25, -0.2) is 0 Å². The van der Waals surface area contributed by atoms with Crippen LogP contribution >= 0.6 is 11.3 Å². The smallest absolute Gasteiger partial charge is 0.160 e. The summed E-state index contributed by atoms with van der Waals surface area (Å²) in [5, 5.41) is 0. The van der Waals surface area contributed by atoms with Gasteiger partial charge < -0.3 is 4.74 Å². The maximum Gasteiger partial charge on any atom is 0.160 e. The summed E-state index contributed by atoms with van der Waals surface area (Å²) in [5.41, 5.74) is 1.12. The monoisotopic (exact) mass is 232 g/mol. The Balaban J connectivity index is 2.02. The highest BCUT2D eigenvalue weighted by Crippen LogP contribution is 2.20. The Hall–Kier alpha value is -1.61. The van der Waals surface area contributed by atoms with Crippen LogP contribution in [0.2, 0.25) is 0 Å². The number of aryl methyl sites for hydroxylation is 1. The maximum atomic E-state index is 10.5. The topological polar surface area (TPSA) is 26.3 Å². The fraction of sp³-hybridized carbons (Fsp3) is 0.154.